The zero-order valence-electron chi connectivity index (χ0n) is 17.5. The van der Waals surface area contributed by atoms with Crippen LogP contribution in [0.1, 0.15) is 59.6 Å². The lowest BCUT2D eigenvalue weighted by molar-refractivity contribution is -0.127. The number of hydrogen-bond donors (Lipinski definition) is 1. The quantitative estimate of drug-likeness (QED) is 0.834. The first-order chi connectivity index (χ1) is 15.1. The highest BCUT2D eigenvalue weighted by atomic mass is 16.2. The molecule has 1 aliphatic carbocycles. The number of aryl methyl sites for hydroxylation is 1. The third-order valence-electron chi connectivity index (χ3n) is 6.75. The van der Waals surface area contributed by atoms with E-state index in [2.05, 4.69) is 17.4 Å². The van der Waals surface area contributed by atoms with E-state index in [9.17, 15) is 14.4 Å². The van der Waals surface area contributed by atoms with Crippen LogP contribution < -0.4 is 10.2 Å². The molecule has 2 atom stereocenters. The molecule has 2 heterocycles. The van der Waals surface area contributed by atoms with Crippen molar-refractivity contribution in [3.8, 4) is 0 Å². The van der Waals surface area contributed by atoms with Crippen LogP contribution >= 0.6 is 0 Å². The van der Waals surface area contributed by atoms with Crippen molar-refractivity contribution >= 4 is 23.4 Å². The molecular formula is C25H27N3O3. The van der Waals surface area contributed by atoms with Crippen molar-refractivity contribution in [2.24, 2.45) is 0 Å². The van der Waals surface area contributed by atoms with Crippen LogP contribution in [0.25, 0.3) is 0 Å². The van der Waals surface area contributed by atoms with Gasteiger partial charge in [-0.05, 0) is 61.8 Å². The van der Waals surface area contributed by atoms with Gasteiger partial charge in [0.25, 0.3) is 5.91 Å². The zero-order valence-corrected chi connectivity index (χ0v) is 17.5. The highest BCUT2D eigenvalue weighted by Crippen LogP contribution is 2.32. The molecule has 2 aromatic rings. The van der Waals surface area contributed by atoms with Crippen LogP contribution in [-0.2, 0) is 16.0 Å². The van der Waals surface area contributed by atoms with Gasteiger partial charge in [0.15, 0.2) is 0 Å². The average molecular weight is 418 g/mol. The minimum Gasteiger partial charge on any atom is -0.348 e. The van der Waals surface area contributed by atoms with Gasteiger partial charge in [0.2, 0.25) is 11.8 Å². The van der Waals surface area contributed by atoms with E-state index in [1.165, 1.54) is 16.0 Å². The zero-order chi connectivity index (χ0) is 21.4. The number of fused-ring (bicyclic) bond motifs is 3. The molecule has 0 spiro atoms. The molecule has 6 nitrogen and oxygen atoms in total. The summed E-state index contributed by atoms with van der Waals surface area (Å²) in [4.78, 5) is 42.9. The van der Waals surface area contributed by atoms with E-state index >= 15 is 0 Å². The molecule has 160 valence electrons. The van der Waals surface area contributed by atoms with Crippen molar-refractivity contribution in [2.45, 2.75) is 50.6 Å². The second-order valence-corrected chi connectivity index (χ2v) is 8.66. The second kappa shape index (κ2) is 8.17. The van der Waals surface area contributed by atoms with Gasteiger partial charge >= 0.3 is 0 Å². The molecule has 0 saturated carbocycles. The normalized spacial score (nSPS) is 22.8. The van der Waals surface area contributed by atoms with Gasteiger partial charge in [0, 0.05) is 6.54 Å². The van der Waals surface area contributed by atoms with Crippen molar-refractivity contribution in [2.75, 3.05) is 18.0 Å². The molecule has 1 N–H and O–H groups in total. The lowest BCUT2D eigenvalue weighted by Crippen LogP contribution is -2.52. The lowest BCUT2D eigenvalue weighted by atomic mass is 9.88. The predicted octanol–water partition coefficient (Wildman–Crippen LogP) is 3.22. The van der Waals surface area contributed by atoms with Crippen LogP contribution in [0.4, 0.5) is 5.69 Å². The summed E-state index contributed by atoms with van der Waals surface area (Å²) in [6, 6.07) is 14.8. The molecule has 3 aliphatic rings. The summed E-state index contributed by atoms with van der Waals surface area (Å²) < 4.78 is 0. The number of amides is 3. The van der Waals surface area contributed by atoms with Crippen LogP contribution in [0.2, 0.25) is 0 Å². The monoisotopic (exact) mass is 417 g/mol. The van der Waals surface area contributed by atoms with Gasteiger partial charge < -0.3 is 15.1 Å². The lowest BCUT2D eigenvalue weighted by Gasteiger charge is -2.34. The maximum absolute atomic E-state index is 13.5. The van der Waals surface area contributed by atoms with Crippen LogP contribution in [0.5, 0.6) is 0 Å². The molecular weight excluding hydrogens is 390 g/mol. The number of benzene rings is 2. The van der Waals surface area contributed by atoms with Gasteiger partial charge in [-0.15, -0.1) is 0 Å². The molecule has 6 heteroatoms. The number of anilines is 1. The van der Waals surface area contributed by atoms with Gasteiger partial charge in [-0.25, -0.2) is 0 Å². The Morgan fingerprint density at radius 3 is 2.68 bits per heavy atom. The highest BCUT2D eigenvalue weighted by Gasteiger charge is 2.41. The van der Waals surface area contributed by atoms with Crippen LogP contribution in [-0.4, -0.2) is 41.8 Å². The van der Waals surface area contributed by atoms with E-state index in [0.29, 0.717) is 24.2 Å². The molecule has 2 aromatic carbocycles. The third-order valence-corrected chi connectivity index (χ3v) is 6.75. The molecule has 5 rings (SSSR count). The number of nitrogens with zero attached hydrogens (tertiary/aromatic N) is 2. The Bertz CT molecular complexity index is 1030. The van der Waals surface area contributed by atoms with Gasteiger partial charge in [-0.2, -0.15) is 0 Å². The van der Waals surface area contributed by atoms with Crippen molar-refractivity contribution in [1.82, 2.24) is 10.2 Å². The molecule has 1 fully saturated rings. The molecule has 2 unspecified atom stereocenters. The first-order valence-corrected chi connectivity index (χ1v) is 11.2. The molecule has 0 bridgehead atoms. The summed E-state index contributed by atoms with van der Waals surface area (Å²) in [5, 5.41) is 3.15. The van der Waals surface area contributed by atoms with E-state index in [1.54, 1.807) is 17.0 Å². The minimum absolute atomic E-state index is 0.0393. The molecule has 2 aliphatic heterocycles. The van der Waals surface area contributed by atoms with Gasteiger partial charge in [0.1, 0.15) is 12.6 Å². The van der Waals surface area contributed by atoms with Crippen LogP contribution in [0.15, 0.2) is 48.5 Å². The maximum atomic E-state index is 13.5. The molecule has 31 heavy (non-hydrogen) atoms. The predicted molar refractivity (Wildman–Crippen MR) is 118 cm³/mol. The molecule has 3 amide bonds. The van der Waals surface area contributed by atoms with Gasteiger partial charge in [-0.1, -0.05) is 36.4 Å². The number of nitrogens with one attached hydrogen (secondary N) is 1. The molecule has 0 radical (unpaired) electrons. The fraction of sp³-hybridized carbons (Fsp3) is 0.400. The Morgan fingerprint density at radius 2 is 1.77 bits per heavy atom. The topological polar surface area (TPSA) is 69.7 Å². The van der Waals surface area contributed by atoms with E-state index in [4.69, 9.17) is 0 Å². The Balaban J connectivity index is 1.41. The smallest absolute Gasteiger partial charge is 0.256 e. The van der Waals surface area contributed by atoms with E-state index in [0.717, 1.165) is 32.1 Å². The fourth-order valence-electron chi connectivity index (χ4n) is 5.23. The van der Waals surface area contributed by atoms with Crippen molar-refractivity contribution in [1.29, 1.82) is 0 Å². The number of para-hydroxylation sites is 1. The standard InChI is InChI=1S/C25H27N3O3/c29-23(26-20-12-7-9-17-8-1-2-10-18(17)20)16-28-21-13-4-3-11-19(21)24(30)27-15-6-5-14-22(27)25(28)31/h1-4,8,10-11,13,20,22H,5-7,9,12,14-16H2,(H,26,29). The Morgan fingerprint density at radius 1 is 0.968 bits per heavy atom. The average Bonchev–Trinajstić information content (AvgIpc) is 2.89. The summed E-state index contributed by atoms with van der Waals surface area (Å²) in [5.74, 6) is -0.462. The highest BCUT2D eigenvalue weighted by molar-refractivity contribution is 6.12. The number of carbonyl (C=O) groups is 3. The second-order valence-electron chi connectivity index (χ2n) is 8.66. The molecule has 1 saturated heterocycles. The number of piperidine rings is 1. The SMILES string of the molecule is O=C(CN1C(=O)C2CCCCN2C(=O)c2ccccc21)NC1CCCc2ccccc21. The van der Waals surface area contributed by atoms with Crippen molar-refractivity contribution in [3.05, 3.63) is 65.2 Å². The summed E-state index contributed by atoms with van der Waals surface area (Å²) in [6.45, 7) is 0.509. The van der Waals surface area contributed by atoms with E-state index < -0.39 is 6.04 Å². The number of rotatable bonds is 3. The van der Waals surface area contributed by atoms with Crippen LogP contribution in [0, 0.1) is 0 Å². The van der Waals surface area contributed by atoms with Crippen LogP contribution in [0.3, 0.4) is 0 Å². The Labute approximate surface area is 182 Å². The Hall–Kier alpha value is -3.15. The van der Waals surface area contributed by atoms with Gasteiger partial charge in [-0.3, -0.25) is 14.4 Å². The third kappa shape index (κ3) is 3.60. The fourth-order valence-corrected chi connectivity index (χ4v) is 5.23. The number of hydrogen-bond acceptors (Lipinski definition) is 3. The maximum Gasteiger partial charge on any atom is 0.256 e. The largest absolute Gasteiger partial charge is 0.348 e. The van der Waals surface area contributed by atoms with E-state index in [-0.39, 0.29) is 30.3 Å². The minimum atomic E-state index is -0.489. The van der Waals surface area contributed by atoms with Crippen molar-refractivity contribution in [3.63, 3.8) is 0 Å². The summed E-state index contributed by atoms with van der Waals surface area (Å²) in [6.07, 6.45) is 5.41. The van der Waals surface area contributed by atoms with Gasteiger partial charge in [0.05, 0.1) is 17.3 Å². The first kappa shape index (κ1) is 19.8. The summed E-state index contributed by atoms with van der Waals surface area (Å²) in [7, 11) is 0. The number of carbonyl (C=O) groups excluding carboxylic acids is 3. The first-order valence-electron chi connectivity index (χ1n) is 11.2. The Kier molecular flexibility index (Phi) is 5.22. The molecule has 0 aromatic heterocycles. The summed E-state index contributed by atoms with van der Waals surface area (Å²) >= 11 is 0. The summed E-state index contributed by atoms with van der Waals surface area (Å²) in [5.41, 5.74) is 3.47. The van der Waals surface area contributed by atoms with E-state index in [1.807, 2.05) is 24.3 Å². The van der Waals surface area contributed by atoms with Crippen molar-refractivity contribution < 1.29 is 14.4 Å².